The highest BCUT2D eigenvalue weighted by atomic mass is 16.7. The molecule has 3 aromatic carbocycles. The average Bonchev–Trinajstić information content (AvgIpc) is 2.82. The third kappa shape index (κ3) is 6.75. The van der Waals surface area contributed by atoms with Crippen LogP contribution < -0.4 is 14.2 Å². The van der Waals surface area contributed by atoms with E-state index in [0.717, 1.165) is 29.9 Å². The van der Waals surface area contributed by atoms with Crippen LogP contribution in [0.2, 0.25) is 0 Å². The topological polar surface area (TPSA) is 36.9 Å². The van der Waals surface area contributed by atoms with Crippen molar-refractivity contribution in [3.8, 4) is 17.2 Å². The lowest BCUT2D eigenvalue weighted by Gasteiger charge is -2.28. The summed E-state index contributed by atoms with van der Waals surface area (Å²) in [6.45, 7) is 6.07. The SMILES string of the molecule is Cc1ccc(OC(Oc2ccc(C)cc2)c2ccccc2OC(C)OC2CCCCC2)cc1. The van der Waals surface area contributed by atoms with Crippen LogP contribution in [0.5, 0.6) is 17.2 Å². The minimum atomic E-state index is -0.673. The standard InChI is InChI=1S/C29H34O4/c1-21-13-17-25(18-14-21)32-29(33-26-19-15-22(2)16-20-26)27-11-7-8-12-28(27)31-23(3)30-24-9-5-4-6-10-24/h7-8,11-20,23-24,29H,4-6,9-10H2,1-3H3. The second kappa shape index (κ2) is 11.2. The van der Waals surface area contributed by atoms with Gasteiger partial charge in [0.05, 0.1) is 11.7 Å². The Labute approximate surface area is 197 Å². The van der Waals surface area contributed by atoms with Gasteiger partial charge in [-0.1, -0.05) is 66.8 Å². The Morgan fingerprint density at radius 1 is 0.667 bits per heavy atom. The van der Waals surface area contributed by atoms with Crippen LogP contribution in [0, 0.1) is 13.8 Å². The van der Waals surface area contributed by atoms with E-state index in [0.29, 0.717) is 5.75 Å². The lowest BCUT2D eigenvalue weighted by atomic mass is 9.98. The molecule has 0 spiro atoms. The molecule has 0 aliphatic heterocycles. The molecule has 0 radical (unpaired) electrons. The van der Waals surface area contributed by atoms with Crippen LogP contribution in [0.25, 0.3) is 0 Å². The Bertz CT molecular complexity index is 943. The van der Waals surface area contributed by atoms with Crippen molar-refractivity contribution in [2.75, 3.05) is 0 Å². The number of rotatable bonds is 9. The monoisotopic (exact) mass is 446 g/mol. The van der Waals surface area contributed by atoms with Gasteiger partial charge in [0.1, 0.15) is 17.2 Å². The predicted molar refractivity (Wildman–Crippen MR) is 131 cm³/mol. The van der Waals surface area contributed by atoms with E-state index < -0.39 is 6.29 Å². The molecule has 4 nitrogen and oxygen atoms in total. The Morgan fingerprint density at radius 3 is 1.79 bits per heavy atom. The highest BCUT2D eigenvalue weighted by Gasteiger charge is 2.23. The van der Waals surface area contributed by atoms with Crippen molar-refractivity contribution in [2.45, 2.75) is 71.6 Å². The molecular weight excluding hydrogens is 412 g/mol. The number of benzene rings is 3. The van der Waals surface area contributed by atoms with Gasteiger partial charge in [-0.15, -0.1) is 0 Å². The van der Waals surface area contributed by atoms with Crippen molar-refractivity contribution in [2.24, 2.45) is 0 Å². The molecule has 4 heteroatoms. The molecule has 0 amide bonds. The smallest absolute Gasteiger partial charge is 0.271 e. The van der Waals surface area contributed by atoms with Crippen LogP contribution in [0.15, 0.2) is 72.8 Å². The zero-order valence-corrected chi connectivity index (χ0v) is 19.8. The zero-order valence-electron chi connectivity index (χ0n) is 19.8. The van der Waals surface area contributed by atoms with Crippen LogP contribution in [0.3, 0.4) is 0 Å². The maximum absolute atomic E-state index is 6.32. The third-order valence-corrected chi connectivity index (χ3v) is 5.93. The molecule has 0 heterocycles. The van der Waals surface area contributed by atoms with E-state index in [4.69, 9.17) is 18.9 Å². The molecule has 1 fully saturated rings. The Hall–Kier alpha value is -2.98. The molecule has 1 unspecified atom stereocenters. The van der Waals surface area contributed by atoms with Gasteiger partial charge < -0.3 is 18.9 Å². The van der Waals surface area contributed by atoms with E-state index in [1.165, 1.54) is 30.4 Å². The molecule has 1 aliphatic carbocycles. The molecule has 0 N–H and O–H groups in total. The molecule has 0 aromatic heterocycles. The number of hydrogen-bond acceptors (Lipinski definition) is 4. The van der Waals surface area contributed by atoms with Gasteiger partial charge in [0, 0.05) is 0 Å². The summed E-state index contributed by atoms with van der Waals surface area (Å²) in [7, 11) is 0. The summed E-state index contributed by atoms with van der Waals surface area (Å²) in [6.07, 6.45) is 5.20. The van der Waals surface area contributed by atoms with Crippen LogP contribution in [0.1, 0.15) is 62.0 Å². The minimum absolute atomic E-state index is 0.268. The lowest BCUT2D eigenvalue weighted by Crippen LogP contribution is -2.27. The van der Waals surface area contributed by atoms with Crippen molar-refractivity contribution in [3.05, 3.63) is 89.5 Å². The van der Waals surface area contributed by atoms with E-state index in [9.17, 15) is 0 Å². The summed E-state index contributed by atoms with van der Waals surface area (Å²) >= 11 is 0. The molecule has 0 saturated heterocycles. The van der Waals surface area contributed by atoms with Crippen molar-refractivity contribution in [3.63, 3.8) is 0 Å². The normalized spacial score (nSPS) is 15.3. The van der Waals surface area contributed by atoms with Gasteiger partial charge in [-0.25, -0.2) is 0 Å². The van der Waals surface area contributed by atoms with Crippen LogP contribution in [0.4, 0.5) is 0 Å². The first-order chi connectivity index (χ1) is 16.1. The fourth-order valence-corrected chi connectivity index (χ4v) is 4.09. The number of para-hydroxylation sites is 1. The Morgan fingerprint density at radius 2 is 1.21 bits per heavy atom. The van der Waals surface area contributed by atoms with Gasteiger partial charge in [-0.3, -0.25) is 0 Å². The van der Waals surface area contributed by atoms with Crippen LogP contribution in [-0.4, -0.2) is 12.4 Å². The summed E-state index contributed by atoms with van der Waals surface area (Å²) in [5.74, 6) is 2.17. The lowest BCUT2D eigenvalue weighted by molar-refractivity contribution is -0.118. The van der Waals surface area contributed by atoms with E-state index in [1.807, 2.05) is 79.7 Å². The summed E-state index contributed by atoms with van der Waals surface area (Å²) in [4.78, 5) is 0. The first-order valence-electron chi connectivity index (χ1n) is 11.9. The average molecular weight is 447 g/mol. The molecule has 1 atom stereocenters. The Kier molecular flexibility index (Phi) is 7.90. The van der Waals surface area contributed by atoms with E-state index in [-0.39, 0.29) is 12.4 Å². The molecule has 0 bridgehead atoms. The van der Waals surface area contributed by atoms with E-state index >= 15 is 0 Å². The maximum atomic E-state index is 6.32. The predicted octanol–water partition coefficient (Wildman–Crippen LogP) is 7.53. The number of ether oxygens (including phenoxy) is 4. The minimum Gasteiger partial charge on any atom is -0.465 e. The first-order valence-corrected chi connectivity index (χ1v) is 11.9. The van der Waals surface area contributed by atoms with Crippen LogP contribution in [-0.2, 0) is 4.74 Å². The van der Waals surface area contributed by atoms with E-state index in [2.05, 4.69) is 13.8 Å². The second-order valence-corrected chi connectivity index (χ2v) is 8.81. The number of hydrogen-bond donors (Lipinski definition) is 0. The molecular formula is C29H34O4. The fourth-order valence-electron chi connectivity index (χ4n) is 4.09. The van der Waals surface area contributed by atoms with Gasteiger partial charge in [-0.2, -0.15) is 0 Å². The molecule has 33 heavy (non-hydrogen) atoms. The van der Waals surface area contributed by atoms with Gasteiger partial charge in [0.15, 0.2) is 6.29 Å². The first kappa shape index (κ1) is 23.2. The van der Waals surface area contributed by atoms with Gasteiger partial charge >= 0.3 is 0 Å². The van der Waals surface area contributed by atoms with Crippen molar-refractivity contribution >= 4 is 0 Å². The summed E-state index contributed by atoms with van der Waals surface area (Å²) in [5, 5.41) is 0. The molecule has 1 saturated carbocycles. The molecule has 4 rings (SSSR count). The van der Waals surface area contributed by atoms with Gasteiger partial charge in [0.2, 0.25) is 0 Å². The Balaban J connectivity index is 1.55. The summed E-state index contributed by atoms with van der Waals surface area (Å²) in [5.41, 5.74) is 3.17. The van der Waals surface area contributed by atoms with E-state index in [1.54, 1.807) is 0 Å². The van der Waals surface area contributed by atoms with Gasteiger partial charge in [0.25, 0.3) is 6.29 Å². The second-order valence-electron chi connectivity index (χ2n) is 8.81. The summed E-state index contributed by atoms with van der Waals surface area (Å²) < 4.78 is 25.1. The van der Waals surface area contributed by atoms with Crippen LogP contribution >= 0.6 is 0 Å². The van der Waals surface area contributed by atoms with Crippen molar-refractivity contribution in [1.29, 1.82) is 0 Å². The highest BCUT2D eigenvalue weighted by Crippen LogP contribution is 2.33. The number of aryl methyl sites for hydroxylation is 2. The highest BCUT2D eigenvalue weighted by molar-refractivity contribution is 5.37. The quantitative estimate of drug-likeness (QED) is 0.318. The largest absolute Gasteiger partial charge is 0.465 e. The summed E-state index contributed by atoms with van der Waals surface area (Å²) in [6, 6.07) is 23.8. The fraction of sp³-hybridized carbons (Fsp3) is 0.379. The maximum Gasteiger partial charge on any atom is 0.271 e. The van der Waals surface area contributed by atoms with Crippen molar-refractivity contribution < 1.29 is 18.9 Å². The van der Waals surface area contributed by atoms with Gasteiger partial charge in [-0.05, 0) is 70.0 Å². The molecule has 3 aromatic rings. The third-order valence-electron chi connectivity index (χ3n) is 5.93. The van der Waals surface area contributed by atoms with Crippen molar-refractivity contribution in [1.82, 2.24) is 0 Å². The molecule has 1 aliphatic rings. The molecule has 174 valence electrons. The zero-order chi connectivity index (χ0) is 23.0.